The lowest BCUT2D eigenvalue weighted by molar-refractivity contribution is -0.139. The Morgan fingerprint density at radius 1 is 1.17 bits per heavy atom. The van der Waals surface area contributed by atoms with Gasteiger partial charge in [-0.25, -0.2) is 9.18 Å². The Hall–Kier alpha value is -3.01. The first-order valence-corrected chi connectivity index (χ1v) is 9.91. The minimum atomic E-state index is -0.967. The number of rotatable bonds is 6. The van der Waals surface area contributed by atoms with Crippen molar-refractivity contribution in [2.24, 2.45) is 0 Å². The summed E-state index contributed by atoms with van der Waals surface area (Å²) in [7, 11) is 0. The van der Waals surface area contributed by atoms with Gasteiger partial charge in [-0.15, -0.1) is 0 Å². The third kappa shape index (κ3) is 4.76. The lowest BCUT2D eigenvalue weighted by Crippen LogP contribution is -2.53. The molecule has 2 aliphatic rings. The van der Waals surface area contributed by atoms with Gasteiger partial charge < -0.3 is 15.5 Å². The first-order chi connectivity index (χ1) is 14.2. The molecule has 30 heavy (non-hydrogen) atoms. The van der Waals surface area contributed by atoms with Crippen molar-refractivity contribution in [3.05, 3.63) is 30.1 Å². The highest BCUT2D eigenvalue weighted by molar-refractivity contribution is 6.08. The fourth-order valence-corrected chi connectivity index (χ4v) is 3.49. The van der Waals surface area contributed by atoms with Gasteiger partial charge in [-0.3, -0.25) is 24.2 Å². The SMILES string of the molecule is CC[C@@]1(C)NC(=O)N(CC(=O)N2CCN(CC(=O)Nc3cccc(F)c3)CC2)C1=O. The van der Waals surface area contributed by atoms with Crippen LogP contribution in [0.2, 0.25) is 0 Å². The first kappa shape index (κ1) is 21.7. The van der Waals surface area contributed by atoms with Gasteiger partial charge in [0.1, 0.15) is 17.9 Å². The van der Waals surface area contributed by atoms with Gasteiger partial charge in [0.25, 0.3) is 5.91 Å². The molecule has 0 bridgehead atoms. The van der Waals surface area contributed by atoms with Crippen molar-refractivity contribution in [2.45, 2.75) is 25.8 Å². The summed E-state index contributed by atoms with van der Waals surface area (Å²) in [5.41, 5.74) is -0.577. The van der Waals surface area contributed by atoms with Crippen molar-refractivity contribution >= 4 is 29.4 Å². The minimum absolute atomic E-state index is 0.125. The van der Waals surface area contributed by atoms with Crippen LogP contribution in [0, 0.1) is 5.82 Å². The predicted octanol–water partition coefficient (Wildman–Crippen LogP) is 0.629. The van der Waals surface area contributed by atoms with Crippen LogP contribution in [0.25, 0.3) is 0 Å². The number of hydrogen-bond acceptors (Lipinski definition) is 5. The van der Waals surface area contributed by atoms with Crippen molar-refractivity contribution in [3.8, 4) is 0 Å². The van der Waals surface area contributed by atoms with Gasteiger partial charge >= 0.3 is 6.03 Å². The average Bonchev–Trinajstić information content (AvgIpc) is 2.92. The Labute approximate surface area is 174 Å². The molecule has 1 aromatic rings. The van der Waals surface area contributed by atoms with E-state index in [2.05, 4.69) is 10.6 Å². The number of imide groups is 1. The number of urea groups is 1. The molecule has 0 radical (unpaired) electrons. The van der Waals surface area contributed by atoms with E-state index in [9.17, 15) is 23.6 Å². The van der Waals surface area contributed by atoms with E-state index in [1.807, 2.05) is 4.90 Å². The molecule has 0 aliphatic carbocycles. The van der Waals surface area contributed by atoms with Crippen LogP contribution in [0.15, 0.2) is 24.3 Å². The van der Waals surface area contributed by atoms with Crippen molar-refractivity contribution in [3.63, 3.8) is 0 Å². The van der Waals surface area contributed by atoms with Crippen LogP contribution in [0.1, 0.15) is 20.3 Å². The summed E-state index contributed by atoms with van der Waals surface area (Å²) in [5.74, 6) is -1.39. The molecular weight excluding hydrogens is 393 g/mol. The summed E-state index contributed by atoms with van der Waals surface area (Å²) in [6.07, 6.45) is 0.443. The molecule has 0 aromatic heterocycles. The summed E-state index contributed by atoms with van der Waals surface area (Å²) >= 11 is 0. The van der Waals surface area contributed by atoms with Gasteiger partial charge in [0.15, 0.2) is 0 Å². The largest absolute Gasteiger partial charge is 0.339 e. The third-order valence-electron chi connectivity index (χ3n) is 5.55. The number of nitrogens with zero attached hydrogens (tertiary/aromatic N) is 3. The highest BCUT2D eigenvalue weighted by atomic mass is 19.1. The molecule has 2 N–H and O–H groups in total. The Morgan fingerprint density at radius 3 is 2.47 bits per heavy atom. The maximum absolute atomic E-state index is 13.2. The number of piperazine rings is 1. The van der Waals surface area contributed by atoms with E-state index in [4.69, 9.17) is 0 Å². The number of amides is 5. The van der Waals surface area contributed by atoms with Crippen molar-refractivity contribution < 1.29 is 23.6 Å². The normalized spacial score (nSPS) is 22.2. The molecule has 3 rings (SSSR count). The monoisotopic (exact) mass is 419 g/mol. The highest BCUT2D eigenvalue weighted by Crippen LogP contribution is 2.21. The average molecular weight is 419 g/mol. The number of halogens is 1. The number of anilines is 1. The maximum Gasteiger partial charge on any atom is 0.325 e. The second-order valence-corrected chi connectivity index (χ2v) is 7.72. The molecule has 5 amide bonds. The van der Waals surface area contributed by atoms with Gasteiger partial charge in [-0.05, 0) is 31.5 Å². The molecule has 0 unspecified atom stereocenters. The summed E-state index contributed by atoms with van der Waals surface area (Å²) in [5, 5.41) is 5.28. The second kappa shape index (κ2) is 8.78. The lowest BCUT2D eigenvalue weighted by atomic mass is 9.99. The van der Waals surface area contributed by atoms with Crippen LogP contribution >= 0.6 is 0 Å². The highest BCUT2D eigenvalue weighted by Gasteiger charge is 2.47. The lowest BCUT2D eigenvalue weighted by Gasteiger charge is -2.34. The standard InChI is InChI=1S/C20H26FN5O4/c1-3-20(2)18(29)26(19(30)23-20)13-17(28)25-9-7-24(8-10-25)12-16(27)22-15-6-4-5-14(21)11-15/h4-6,11H,3,7-10,12-13H2,1-2H3,(H,22,27)(H,23,30)/t20-/m1/s1. The van der Waals surface area contributed by atoms with Crippen LogP contribution in [0.5, 0.6) is 0 Å². The van der Waals surface area contributed by atoms with Crippen molar-refractivity contribution in [1.29, 1.82) is 0 Å². The van der Waals surface area contributed by atoms with Crippen LogP contribution in [-0.2, 0) is 14.4 Å². The Bertz CT molecular complexity index is 855. The van der Waals surface area contributed by atoms with E-state index in [0.29, 0.717) is 38.3 Å². The van der Waals surface area contributed by atoms with Gasteiger partial charge in [0, 0.05) is 31.9 Å². The molecule has 9 nitrogen and oxygen atoms in total. The van der Waals surface area contributed by atoms with Crippen LogP contribution in [0.3, 0.4) is 0 Å². The molecule has 10 heteroatoms. The molecule has 2 fully saturated rings. The summed E-state index contributed by atoms with van der Waals surface area (Å²) < 4.78 is 13.2. The van der Waals surface area contributed by atoms with Gasteiger partial charge in [0.2, 0.25) is 11.8 Å². The summed E-state index contributed by atoms with van der Waals surface area (Å²) in [6, 6.07) is 5.12. The first-order valence-electron chi connectivity index (χ1n) is 9.91. The van der Waals surface area contributed by atoms with Gasteiger partial charge in [-0.1, -0.05) is 13.0 Å². The van der Waals surface area contributed by atoms with Crippen molar-refractivity contribution in [1.82, 2.24) is 20.0 Å². The van der Waals surface area contributed by atoms with Gasteiger partial charge in [-0.2, -0.15) is 0 Å². The molecule has 162 valence electrons. The van der Waals surface area contributed by atoms with Crippen LogP contribution in [0.4, 0.5) is 14.9 Å². The number of nitrogens with one attached hydrogen (secondary N) is 2. The second-order valence-electron chi connectivity index (χ2n) is 7.72. The summed E-state index contributed by atoms with van der Waals surface area (Å²) in [6.45, 7) is 5.02. The van der Waals surface area contributed by atoms with E-state index in [1.54, 1.807) is 24.8 Å². The molecule has 2 aliphatic heterocycles. The smallest absolute Gasteiger partial charge is 0.325 e. The zero-order valence-corrected chi connectivity index (χ0v) is 17.1. The number of carbonyl (C=O) groups excluding carboxylic acids is 4. The zero-order valence-electron chi connectivity index (χ0n) is 17.1. The Kier molecular flexibility index (Phi) is 6.35. The van der Waals surface area contributed by atoms with E-state index in [1.165, 1.54) is 18.2 Å². The molecule has 1 atom stereocenters. The minimum Gasteiger partial charge on any atom is -0.339 e. The fourth-order valence-electron chi connectivity index (χ4n) is 3.49. The molecule has 0 spiro atoms. The van der Waals surface area contributed by atoms with Gasteiger partial charge in [0.05, 0.1) is 6.54 Å². The van der Waals surface area contributed by atoms with Crippen LogP contribution in [-0.4, -0.2) is 83.3 Å². The molecule has 2 heterocycles. The zero-order chi connectivity index (χ0) is 21.9. The Morgan fingerprint density at radius 2 is 1.87 bits per heavy atom. The van der Waals surface area contributed by atoms with E-state index in [-0.39, 0.29) is 24.9 Å². The molecular formula is C20H26FN5O4. The number of hydrogen-bond donors (Lipinski definition) is 2. The third-order valence-corrected chi connectivity index (χ3v) is 5.55. The maximum atomic E-state index is 13.2. The van der Waals surface area contributed by atoms with E-state index >= 15 is 0 Å². The predicted molar refractivity (Wildman–Crippen MR) is 107 cm³/mol. The molecule has 0 saturated carbocycles. The topological polar surface area (TPSA) is 102 Å². The Balaban J connectivity index is 1.46. The fraction of sp³-hybridized carbons (Fsp3) is 0.500. The number of benzene rings is 1. The molecule has 1 aromatic carbocycles. The summed E-state index contributed by atoms with van der Waals surface area (Å²) in [4.78, 5) is 53.7. The molecule has 2 saturated heterocycles. The quantitative estimate of drug-likeness (QED) is 0.659. The number of carbonyl (C=O) groups is 4. The van der Waals surface area contributed by atoms with E-state index in [0.717, 1.165) is 4.90 Å². The van der Waals surface area contributed by atoms with Crippen LogP contribution < -0.4 is 10.6 Å². The van der Waals surface area contributed by atoms with Crippen molar-refractivity contribution in [2.75, 3.05) is 44.6 Å². The van der Waals surface area contributed by atoms with E-state index < -0.39 is 23.3 Å².